The fraction of sp³-hybridized carbons (Fsp3) is 0.500. The summed E-state index contributed by atoms with van der Waals surface area (Å²) >= 11 is 0. The second kappa shape index (κ2) is 5.30. The summed E-state index contributed by atoms with van der Waals surface area (Å²) in [7, 11) is 0. The molecule has 3 nitrogen and oxygen atoms in total. The Labute approximate surface area is 126 Å². The van der Waals surface area contributed by atoms with Crippen LogP contribution in [0.1, 0.15) is 48.3 Å². The fourth-order valence-corrected chi connectivity index (χ4v) is 3.40. The molecule has 0 saturated carbocycles. The van der Waals surface area contributed by atoms with Crippen LogP contribution in [0.15, 0.2) is 24.3 Å². The topological polar surface area (TPSA) is 38.0 Å². The molecule has 0 spiro atoms. The lowest BCUT2D eigenvalue weighted by atomic mass is 9.90. The number of aryl methyl sites for hydroxylation is 4. The predicted octanol–water partition coefficient (Wildman–Crippen LogP) is 3.15. The molecule has 112 valence electrons. The van der Waals surface area contributed by atoms with Gasteiger partial charge in [0.05, 0.1) is 11.3 Å². The quantitative estimate of drug-likeness (QED) is 0.936. The number of hydrogen-bond donors (Lipinski definition) is 1. The summed E-state index contributed by atoms with van der Waals surface area (Å²) in [5, 5.41) is 15.8. The fourth-order valence-electron chi connectivity index (χ4n) is 3.40. The van der Waals surface area contributed by atoms with Crippen molar-refractivity contribution in [2.24, 2.45) is 0 Å². The molecule has 0 saturated heterocycles. The van der Waals surface area contributed by atoms with E-state index in [1.54, 1.807) is 0 Å². The first-order valence-corrected chi connectivity index (χ1v) is 7.93. The molecule has 1 aliphatic carbocycles. The summed E-state index contributed by atoms with van der Waals surface area (Å²) in [5.41, 5.74) is 5.14. The van der Waals surface area contributed by atoms with Gasteiger partial charge in [0.15, 0.2) is 0 Å². The highest BCUT2D eigenvalue weighted by Crippen LogP contribution is 2.39. The van der Waals surface area contributed by atoms with Crippen LogP contribution in [0.4, 0.5) is 0 Å². The van der Waals surface area contributed by atoms with Crippen molar-refractivity contribution in [3.8, 4) is 0 Å². The summed E-state index contributed by atoms with van der Waals surface area (Å²) < 4.78 is 2.03. The number of benzene rings is 1. The van der Waals surface area contributed by atoms with Gasteiger partial charge in [0, 0.05) is 18.7 Å². The average Bonchev–Trinajstić information content (AvgIpc) is 3.01. The zero-order chi connectivity index (χ0) is 15.0. The molecule has 3 heteroatoms. The molecular weight excluding hydrogens is 260 g/mol. The third kappa shape index (κ3) is 2.51. The lowest BCUT2D eigenvalue weighted by Gasteiger charge is -2.24. The lowest BCUT2D eigenvalue weighted by Crippen LogP contribution is -2.27. The second-order valence-electron chi connectivity index (χ2n) is 6.17. The van der Waals surface area contributed by atoms with E-state index in [4.69, 9.17) is 0 Å². The first-order chi connectivity index (χ1) is 10.1. The number of nitrogens with zero attached hydrogens (tertiary/aromatic N) is 2. The van der Waals surface area contributed by atoms with Crippen LogP contribution < -0.4 is 0 Å². The molecule has 1 aromatic carbocycles. The maximum Gasteiger partial charge on any atom is 0.0957 e. The van der Waals surface area contributed by atoms with Gasteiger partial charge < -0.3 is 5.11 Å². The smallest absolute Gasteiger partial charge is 0.0957 e. The molecule has 2 aromatic rings. The summed E-state index contributed by atoms with van der Waals surface area (Å²) in [6, 6.07) is 8.60. The van der Waals surface area contributed by atoms with Crippen LogP contribution in [0.5, 0.6) is 0 Å². The molecule has 1 unspecified atom stereocenters. The molecule has 0 fully saturated rings. The van der Waals surface area contributed by atoms with E-state index >= 15 is 0 Å². The molecule has 1 N–H and O–H groups in total. The highest BCUT2D eigenvalue weighted by Gasteiger charge is 2.37. The van der Waals surface area contributed by atoms with E-state index in [1.807, 2.05) is 4.68 Å². The summed E-state index contributed by atoms with van der Waals surface area (Å²) in [4.78, 5) is 0. The van der Waals surface area contributed by atoms with Crippen molar-refractivity contribution in [1.29, 1.82) is 0 Å². The van der Waals surface area contributed by atoms with E-state index < -0.39 is 5.60 Å². The van der Waals surface area contributed by atoms with Gasteiger partial charge in [-0.15, -0.1) is 0 Å². The van der Waals surface area contributed by atoms with Crippen LogP contribution in [0.3, 0.4) is 0 Å². The van der Waals surface area contributed by atoms with E-state index in [-0.39, 0.29) is 0 Å². The Morgan fingerprint density at radius 1 is 1.29 bits per heavy atom. The molecule has 0 bridgehead atoms. The van der Waals surface area contributed by atoms with Gasteiger partial charge in [0.2, 0.25) is 0 Å². The molecule has 0 amide bonds. The summed E-state index contributed by atoms with van der Waals surface area (Å²) in [5.74, 6) is 0. The first kappa shape index (κ1) is 14.3. The average molecular weight is 284 g/mol. The SMILES string of the molecule is CCc1cc(CC2(O)CCc3ccc(C)cc32)n(CC)n1. The van der Waals surface area contributed by atoms with E-state index in [2.05, 4.69) is 50.1 Å². The van der Waals surface area contributed by atoms with E-state index in [0.717, 1.165) is 42.8 Å². The maximum atomic E-state index is 11.2. The number of aromatic nitrogens is 2. The Balaban J connectivity index is 1.96. The molecule has 0 aliphatic heterocycles. The molecule has 1 aliphatic rings. The minimum absolute atomic E-state index is 0.657. The third-order valence-electron chi connectivity index (χ3n) is 4.62. The molecule has 1 heterocycles. The van der Waals surface area contributed by atoms with Crippen molar-refractivity contribution in [2.75, 3.05) is 0 Å². The van der Waals surface area contributed by atoms with Gasteiger partial charge in [-0.1, -0.05) is 30.7 Å². The Morgan fingerprint density at radius 2 is 2.10 bits per heavy atom. The molecule has 1 atom stereocenters. The van der Waals surface area contributed by atoms with Crippen molar-refractivity contribution in [1.82, 2.24) is 9.78 Å². The predicted molar refractivity (Wildman–Crippen MR) is 84.4 cm³/mol. The number of aliphatic hydroxyl groups is 1. The van der Waals surface area contributed by atoms with E-state index in [0.29, 0.717) is 6.42 Å². The monoisotopic (exact) mass is 284 g/mol. The van der Waals surface area contributed by atoms with Crippen LogP contribution >= 0.6 is 0 Å². The first-order valence-electron chi connectivity index (χ1n) is 7.93. The van der Waals surface area contributed by atoms with Crippen LogP contribution in [0, 0.1) is 6.92 Å². The van der Waals surface area contributed by atoms with E-state index in [1.165, 1.54) is 11.1 Å². The number of hydrogen-bond acceptors (Lipinski definition) is 2. The second-order valence-corrected chi connectivity index (χ2v) is 6.17. The van der Waals surface area contributed by atoms with Gasteiger partial charge in [0.1, 0.15) is 0 Å². The van der Waals surface area contributed by atoms with Crippen LogP contribution in [-0.2, 0) is 31.4 Å². The van der Waals surface area contributed by atoms with Gasteiger partial charge in [-0.05, 0) is 50.3 Å². The Kier molecular flexibility index (Phi) is 3.62. The van der Waals surface area contributed by atoms with Gasteiger partial charge in [-0.25, -0.2) is 0 Å². The van der Waals surface area contributed by atoms with Gasteiger partial charge >= 0.3 is 0 Å². The lowest BCUT2D eigenvalue weighted by molar-refractivity contribution is 0.0368. The molecule has 1 aromatic heterocycles. The number of fused-ring (bicyclic) bond motifs is 1. The molecule has 0 radical (unpaired) electrons. The highest BCUT2D eigenvalue weighted by molar-refractivity contribution is 5.41. The molecule has 3 rings (SSSR count). The van der Waals surface area contributed by atoms with Crippen LogP contribution in [-0.4, -0.2) is 14.9 Å². The summed E-state index contributed by atoms with van der Waals surface area (Å²) in [6.45, 7) is 7.17. The van der Waals surface area contributed by atoms with Crippen molar-refractivity contribution >= 4 is 0 Å². The Hall–Kier alpha value is -1.61. The summed E-state index contributed by atoms with van der Waals surface area (Å²) in [6.07, 6.45) is 3.37. The van der Waals surface area contributed by atoms with Crippen LogP contribution in [0.2, 0.25) is 0 Å². The van der Waals surface area contributed by atoms with Crippen LogP contribution in [0.25, 0.3) is 0 Å². The zero-order valence-corrected chi connectivity index (χ0v) is 13.2. The maximum absolute atomic E-state index is 11.2. The van der Waals surface area contributed by atoms with Crippen molar-refractivity contribution in [3.05, 3.63) is 52.3 Å². The highest BCUT2D eigenvalue weighted by atomic mass is 16.3. The standard InChI is InChI=1S/C18H24N2O/c1-4-15-11-16(20(5-2)19-15)12-18(21)9-8-14-7-6-13(3)10-17(14)18/h6-7,10-11,21H,4-5,8-9,12H2,1-3H3. The largest absolute Gasteiger partial charge is 0.385 e. The van der Waals surface area contributed by atoms with Gasteiger partial charge in [0.25, 0.3) is 0 Å². The minimum atomic E-state index is -0.737. The molecule has 21 heavy (non-hydrogen) atoms. The van der Waals surface area contributed by atoms with Crippen molar-refractivity contribution < 1.29 is 5.11 Å². The van der Waals surface area contributed by atoms with Gasteiger partial charge in [-0.3, -0.25) is 4.68 Å². The van der Waals surface area contributed by atoms with Crippen molar-refractivity contribution in [3.63, 3.8) is 0 Å². The number of rotatable bonds is 4. The minimum Gasteiger partial charge on any atom is -0.385 e. The molecular formula is C18H24N2O. The Bertz CT molecular complexity index is 659. The van der Waals surface area contributed by atoms with E-state index in [9.17, 15) is 5.11 Å². The normalized spacial score (nSPS) is 20.8. The van der Waals surface area contributed by atoms with Crippen molar-refractivity contribution in [2.45, 2.75) is 58.6 Å². The zero-order valence-electron chi connectivity index (χ0n) is 13.2. The van der Waals surface area contributed by atoms with Gasteiger partial charge in [-0.2, -0.15) is 5.10 Å². The Morgan fingerprint density at radius 3 is 2.81 bits per heavy atom. The third-order valence-corrected chi connectivity index (χ3v) is 4.62.